The fourth-order valence-corrected chi connectivity index (χ4v) is 0.456. The van der Waals surface area contributed by atoms with Crippen molar-refractivity contribution < 1.29 is 4.79 Å². The molecule has 0 unspecified atom stereocenters. The van der Waals surface area contributed by atoms with E-state index in [-0.39, 0.29) is 5.91 Å². The second-order valence-electron chi connectivity index (χ2n) is 2.34. The third-order valence-corrected chi connectivity index (χ3v) is 0.840. The van der Waals surface area contributed by atoms with Gasteiger partial charge in [-0.15, -0.1) is 0 Å². The van der Waals surface area contributed by atoms with Gasteiger partial charge in [0.1, 0.15) is 0 Å². The highest BCUT2D eigenvalue weighted by atomic mass is 16.1. The van der Waals surface area contributed by atoms with Crippen molar-refractivity contribution in [3.05, 3.63) is 12.2 Å². The molecule has 0 aromatic carbocycles. The molecule has 0 saturated heterocycles. The summed E-state index contributed by atoms with van der Waals surface area (Å²) in [5.41, 5.74) is 4.89. The maximum atomic E-state index is 10.2. The average molecular weight is 127 g/mol. The molecular weight excluding hydrogens is 114 g/mol. The first-order valence-electron chi connectivity index (χ1n) is 3.08. The minimum Gasteiger partial charge on any atom is -0.369 e. The topological polar surface area (TPSA) is 43.1 Å². The molecule has 0 aromatic rings. The highest BCUT2D eigenvalue weighted by molar-refractivity contribution is 5.75. The summed E-state index contributed by atoms with van der Waals surface area (Å²) in [6.45, 7) is 4.11. The Balaban J connectivity index is 3.36. The summed E-state index contributed by atoms with van der Waals surface area (Å²) in [5.74, 6) is 0.233. The van der Waals surface area contributed by atoms with Gasteiger partial charge in [-0.3, -0.25) is 4.79 Å². The van der Waals surface area contributed by atoms with E-state index >= 15 is 0 Å². The Morgan fingerprint density at radius 2 is 2.22 bits per heavy atom. The first-order valence-corrected chi connectivity index (χ1v) is 3.08. The first kappa shape index (κ1) is 8.21. The number of nitrogens with two attached hydrogens (primary N) is 1. The Morgan fingerprint density at radius 1 is 1.67 bits per heavy atom. The highest BCUT2D eigenvalue weighted by Gasteiger charge is 1.87. The molecule has 2 heteroatoms. The monoisotopic (exact) mass is 127 g/mol. The minimum atomic E-state index is -0.271. The van der Waals surface area contributed by atoms with Crippen LogP contribution >= 0.6 is 0 Å². The van der Waals surface area contributed by atoms with Crippen LogP contribution in [0, 0.1) is 5.92 Å². The van der Waals surface area contributed by atoms with Crippen LogP contribution in [-0.2, 0) is 4.79 Å². The molecule has 0 heterocycles. The lowest BCUT2D eigenvalue weighted by molar-refractivity contribution is -0.117. The maximum Gasteiger partial charge on any atom is 0.221 e. The summed E-state index contributed by atoms with van der Waals surface area (Å²) in [5, 5.41) is 0. The van der Waals surface area contributed by atoms with Crippen LogP contribution in [-0.4, -0.2) is 5.91 Å². The van der Waals surface area contributed by atoms with Gasteiger partial charge in [-0.05, 0) is 5.92 Å². The molecule has 1 amide bonds. The molecule has 0 bridgehead atoms. The van der Waals surface area contributed by atoms with Crippen molar-refractivity contribution in [2.24, 2.45) is 11.7 Å². The fourth-order valence-electron chi connectivity index (χ4n) is 0.456. The number of primary amides is 1. The van der Waals surface area contributed by atoms with Crippen molar-refractivity contribution in [3.63, 3.8) is 0 Å². The van der Waals surface area contributed by atoms with Gasteiger partial charge >= 0.3 is 0 Å². The molecule has 2 N–H and O–H groups in total. The van der Waals surface area contributed by atoms with E-state index in [4.69, 9.17) is 5.73 Å². The summed E-state index contributed by atoms with van der Waals surface area (Å²) in [4.78, 5) is 10.2. The smallest absolute Gasteiger partial charge is 0.221 e. The van der Waals surface area contributed by atoms with Gasteiger partial charge in [0, 0.05) is 6.42 Å². The molecule has 0 aromatic heterocycles. The van der Waals surface area contributed by atoms with Crippen molar-refractivity contribution in [1.29, 1.82) is 0 Å². The molecule has 0 saturated carbocycles. The summed E-state index contributed by atoms with van der Waals surface area (Å²) in [6.07, 6.45) is 4.12. The second kappa shape index (κ2) is 4.13. The third-order valence-electron chi connectivity index (χ3n) is 0.840. The van der Waals surface area contributed by atoms with E-state index in [1.54, 1.807) is 6.08 Å². The number of amides is 1. The van der Waals surface area contributed by atoms with E-state index < -0.39 is 0 Å². The van der Waals surface area contributed by atoms with Crippen LogP contribution < -0.4 is 5.73 Å². The number of rotatable bonds is 3. The van der Waals surface area contributed by atoms with Gasteiger partial charge in [-0.2, -0.15) is 0 Å². The van der Waals surface area contributed by atoms with Crippen LogP contribution in [0.1, 0.15) is 20.3 Å². The van der Waals surface area contributed by atoms with Crippen LogP contribution in [0.5, 0.6) is 0 Å². The Kier molecular flexibility index (Phi) is 3.76. The number of hydrogen-bond donors (Lipinski definition) is 1. The fraction of sp³-hybridized carbons (Fsp3) is 0.571. The third kappa shape index (κ3) is 7.21. The van der Waals surface area contributed by atoms with E-state index in [0.717, 1.165) is 0 Å². The predicted octanol–water partition coefficient (Wildman–Crippen LogP) is 1.07. The maximum absolute atomic E-state index is 10.2. The number of carbonyl (C=O) groups is 1. The minimum absolute atomic E-state index is 0.271. The molecule has 0 aliphatic heterocycles. The molecule has 0 radical (unpaired) electrons. The van der Waals surface area contributed by atoms with Crippen molar-refractivity contribution in [2.45, 2.75) is 20.3 Å². The molecular formula is C7H13NO. The van der Waals surface area contributed by atoms with Gasteiger partial charge in [0.2, 0.25) is 5.91 Å². The van der Waals surface area contributed by atoms with Crippen LogP contribution in [0.25, 0.3) is 0 Å². The average Bonchev–Trinajstić information content (AvgIpc) is 1.63. The van der Waals surface area contributed by atoms with Gasteiger partial charge < -0.3 is 5.73 Å². The van der Waals surface area contributed by atoms with Gasteiger partial charge in [0.15, 0.2) is 0 Å². The van der Waals surface area contributed by atoms with Crippen LogP contribution in [0.3, 0.4) is 0 Å². The van der Waals surface area contributed by atoms with Crippen LogP contribution in [0.4, 0.5) is 0 Å². The van der Waals surface area contributed by atoms with Crippen LogP contribution in [0.15, 0.2) is 12.2 Å². The molecule has 52 valence electrons. The Morgan fingerprint density at radius 3 is 2.56 bits per heavy atom. The standard InChI is InChI=1S/C7H13NO/c1-6(2)4-3-5-7(8)9/h3-4,6H,5H2,1-2H3,(H2,8,9)/b4-3-. The zero-order valence-corrected chi connectivity index (χ0v) is 5.92. The lowest BCUT2D eigenvalue weighted by atomic mass is 10.2. The summed E-state index contributed by atoms with van der Waals surface area (Å²) >= 11 is 0. The molecule has 9 heavy (non-hydrogen) atoms. The zero-order valence-electron chi connectivity index (χ0n) is 5.92. The van der Waals surface area contributed by atoms with E-state index in [2.05, 4.69) is 13.8 Å². The van der Waals surface area contributed by atoms with Gasteiger partial charge in [-0.1, -0.05) is 26.0 Å². The van der Waals surface area contributed by atoms with Gasteiger partial charge in [0.25, 0.3) is 0 Å². The highest BCUT2D eigenvalue weighted by Crippen LogP contribution is 1.93. The Bertz CT molecular complexity index is 116. The van der Waals surface area contributed by atoms with Crippen molar-refractivity contribution in [3.8, 4) is 0 Å². The number of hydrogen-bond acceptors (Lipinski definition) is 1. The predicted molar refractivity (Wildman–Crippen MR) is 37.8 cm³/mol. The van der Waals surface area contributed by atoms with Crippen LogP contribution in [0.2, 0.25) is 0 Å². The lowest BCUT2D eigenvalue weighted by Crippen LogP contribution is -2.08. The Hall–Kier alpha value is -0.790. The van der Waals surface area contributed by atoms with Crippen molar-refractivity contribution in [2.75, 3.05) is 0 Å². The molecule has 2 nitrogen and oxygen atoms in total. The zero-order chi connectivity index (χ0) is 7.28. The normalized spacial score (nSPS) is 11.0. The molecule has 0 aliphatic carbocycles. The molecule has 0 aliphatic rings. The van der Waals surface area contributed by atoms with E-state index in [1.165, 1.54) is 0 Å². The van der Waals surface area contributed by atoms with E-state index in [1.807, 2.05) is 6.08 Å². The second-order valence-corrected chi connectivity index (χ2v) is 2.34. The van der Waals surface area contributed by atoms with Crippen molar-refractivity contribution >= 4 is 5.91 Å². The number of carbonyl (C=O) groups excluding carboxylic acids is 1. The quantitative estimate of drug-likeness (QED) is 0.566. The molecule has 0 atom stereocenters. The van der Waals surface area contributed by atoms with E-state index in [0.29, 0.717) is 12.3 Å². The Labute approximate surface area is 55.7 Å². The van der Waals surface area contributed by atoms with Crippen molar-refractivity contribution in [1.82, 2.24) is 0 Å². The SMILES string of the molecule is CC(C)/C=C\CC(N)=O. The summed E-state index contributed by atoms with van der Waals surface area (Å²) in [6, 6.07) is 0. The first-order chi connectivity index (χ1) is 4.13. The lowest BCUT2D eigenvalue weighted by Gasteiger charge is -1.90. The molecule has 0 rings (SSSR count). The summed E-state index contributed by atoms with van der Waals surface area (Å²) in [7, 11) is 0. The summed E-state index contributed by atoms with van der Waals surface area (Å²) < 4.78 is 0. The largest absolute Gasteiger partial charge is 0.369 e. The molecule has 0 spiro atoms. The van der Waals surface area contributed by atoms with Gasteiger partial charge in [0.05, 0.1) is 0 Å². The molecule has 0 fully saturated rings. The number of allylic oxidation sites excluding steroid dienone is 1. The van der Waals surface area contributed by atoms with Gasteiger partial charge in [-0.25, -0.2) is 0 Å². The van der Waals surface area contributed by atoms with E-state index in [9.17, 15) is 4.79 Å².